The monoisotopic (exact) mass is 420 g/mol. The molecule has 0 radical (unpaired) electrons. The van der Waals surface area contributed by atoms with Crippen molar-refractivity contribution in [3.63, 3.8) is 0 Å². The van der Waals surface area contributed by atoms with E-state index in [-0.39, 0.29) is 22.3 Å². The largest absolute Gasteiger partial charge is 0.490 e. The van der Waals surface area contributed by atoms with Crippen LogP contribution in [0.25, 0.3) is 0 Å². The van der Waals surface area contributed by atoms with Crippen LogP contribution >= 0.6 is 11.3 Å². The molecule has 0 spiro atoms. The normalized spacial score (nSPS) is 11.9. The van der Waals surface area contributed by atoms with Crippen molar-refractivity contribution in [1.29, 1.82) is 0 Å². The first-order valence-corrected chi connectivity index (χ1v) is 11.0. The molecule has 1 aromatic heterocycles. The van der Waals surface area contributed by atoms with Gasteiger partial charge in [-0.2, -0.15) is 4.72 Å². The topological polar surface area (TPSA) is 142 Å². The third-order valence-electron chi connectivity index (χ3n) is 2.93. The minimum absolute atomic E-state index is 0.0120. The second-order valence-corrected chi connectivity index (χ2v) is 9.34. The van der Waals surface area contributed by atoms with E-state index >= 15 is 0 Å². The lowest BCUT2D eigenvalue weighted by Crippen LogP contribution is -2.30. The zero-order chi connectivity index (χ0) is 19.2. The quantitative estimate of drug-likeness (QED) is 0.439. The Balaban J connectivity index is 1.70. The predicted molar refractivity (Wildman–Crippen MR) is 93.8 cm³/mol. The van der Waals surface area contributed by atoms with Gasteiger partial charge in [0.15, 0.2) is 0 Å². The molecule has 26 heavy (non-hydrogen) atoms. The van der Waals surface area contributed by atoms with Gasteiger partial charge in [0.1, 0.15) is 29.7 Å². The lowest BCUT2D eigenvalue weighted by atomic mass is 10.3. The van der Waals surface area contributed by atoms with Crippen molar-refractivity contribution < 1.29 is 31.1 Å². The molecule has 0 bridgehead atoms. The summed E-state index contributed by atoms with van der Waals surface area (Å²) in [6.45, 7) is -0.585. The van der Waals surface area contributed by atoms with E-state index < -0.39 is 32.6 Å². The van der Waals surface area contributed by atoms with Gasteiger partial charge < -0.3 is 9.47 Å². The molecule has 0 saturated heterocycles. The van der Waals surface area contributed by atoms with Crippen molar-refractivity contribution >= 4 is 37.4 Å². The van der Waals surface area contributed by atoms with Gasteiger partial charge in [-0.1, -0.05) is 6.07 Å². The number of carbonyl (C=O) groups is 1. The molecule has 0 saturated carbocycles. The fourth-order valence-corrected chi connectivity index (χ4v) is 4.25. The smallest absolute Gasteiger partial charge is 0.321 e. The maximum atomic E-state index is 11.8. The molecular weight excluding hydrogens is 404 g/mol. The van der Waals surface area contributed by atoms with E-state index in [9.17, 15) is 21.6 Å². The highest BCUT2D eigenvalue weighted by Crippen LogP contribution is 2.15. The molecule has 1 heterocycles. The van der Waals surface area contributed by atoms with Gasteiger partial charge in [0.2, 0.25) is 10.0 Å². The predicted octanol–water partition coefficient (Wildman–Crippen LogP) is 0.296. The van der Waals surface area contributed by atoms with Gasteiger partial charge in [0, 0.05) is 0 Å². The van der Waals surface area contributed by atoms with Crippen LogP contribution in [0.5, 0.6) is 5.75 Å². The third kappa shape index (κ3) is 6.07. The number of hydrogen-bond acceptors (Lipinski definition) is 8. The number of sulfonamides is 2. The number of primary sulfonamides is 1. The van der Waals surface area contributed by atoms with Crippen molar-refractivity contribution in [2.75, 3.05) is 19.8 Å². The minimum atomic E-state index is -3.77. The fourth-order valence-electron chi connectivity index (χ4n) is 1.73. The van der Waals surface area contributed by atoms with Crippen LogP contribution in [0.3, 0.4) is 0 Å². The van der Waals surface area contributed by atoms with Crippen LogP contribution < -0.4 is 14.6 Å². The van der Waals surface area contributed by atoms with Gasteiger partial charge in [-0.15, -0.1) is 11.3 Å². The minimum Gasteiger partial charge on any atom is -0.490 e. The van der Waals surface area contributed by atoms with Crippen LogP contribution in [0, 0.1) is 0 Å². The van der Waals surface area contributed by atoms with Gasteiger partial charge in [0.25, 0.3) is 10.0 Å². The second kappa shape index (κ2) is 8.60. The Morgan fingerprint density at radius 2 is 1.77 bits per heavy atom. The summed E-state index contributed by atoms with van der Waals surface area (Å²) in [6.07, 6.45) is 0. The average Bonchev–Trinajstić information content (AvgIpc) is 3.12. The van der Waals surface area contributed by atoms with E-state index in [4.69, 9.17) is 14.6 Å². The molecule has 0 fully saturated rings. The van der Waals surface area contributed by atoms with Crippen LogP contribution in [0.2, 0.25) is 0 Å². The van der Waals surface area contributed by atoms with E-state index in [1.165, 1.54) is 30.3 Å². The van der Waals surface area contributed by atoms with Crippen molar-refractivity contribution in [3.8, 4) is 5.75 Å². The molecule has 0 atom stereocenters. The Morgan fingerprint density at radius 3 is 2.35 bits per heavy atom. The van der Waals surface area contributed by atoms with Crippen LogP contribution in [0.1, 0.15) is 0 Å². The summed E-state index contributed by atoms with van der Waals surface area (Å²) in [5.41, 5.74) is 0. The molecule has 142 valence electrons. The lowest BCUT2D eigenvalue weighted by molar-refractivity contribution is -0.142. The van der Waals surface area contributed by atoms with Crippen molar-refractivity contribution in [1.82, 2.24) is 4.72 Å². The first-order chi connectivity index (χ1) is 12.2. The maximum Gasteiger partial charge on any atom is 0.321 e. The van der Waals surface area contributed by atoms with Gasteiger partial charge >= 0.3 is 5.97 Å². The van der Waals surface area contributed by atoms with E-state index in [0.717, 1.165) is 11.3 Å². The highest BCUT2D eigenvalue weighted by Gasteiger charge is 2.16. The summed E-state index contributed by atoms with van der Waals surface area (Å²) in [5, 5.41) is 6.59. The van der Waals surface area contributed by atoms with Gasteiger partial charge in [-0.25, -0.2) is 22.0 Å². The number of hydrogen-bond donors (Lipinski definition) is 2. The first-order valence-electron chi connectivity index (χ1n) is 7.13. The SMILES string of the molecule is NS(=O)(=O)c1ccc(OCCOC(=O)CNS(=O)(=O)c2cccs2)cc1. The summed E-state index contributed by atoms with van der Waals surface area (Å²) in [4.78, 5) is 11.5. The van der Waals surface area contributed by atoms with Crippen molar-refractivity contribution in [2.45, 2.75) is 9.10 Å². The second-order valence-electron chi connectivity index (χ2n) is 4.84. The summed E-state index contributed by atoms with van der Waals surface area (Å²) in [7, 11) is -7.50. The zero-order valence-electron chi connectivity index (χ0n) is 13.3. The third-order valence-corrected chi connectivity index (χ3v) is 6.66. The molecule has 2 rings (SSSR count). The number of thiophene rings is 1. The van der Waals surface area contributed by atoms with Crippen molar-refractivity contribution in [2.24, 2.45) is 5.14 Å². The Bertz CT molecular complexity index is 937. The Kier molecular flexibility index (Phi) is 6.72. The number of ether oxygens (including phenoxy) is 2. The summed E-state index contributed by atoms with van der Waals surface area (Å²) in [6, 6.07) is 8.41. The standard InChI is InChI=1S/C14H16N2O7S3/c15-25(18,19)12-5-3-11(4-6-12)22-7-8-23-13(17)10-16-26(20,21)14-2-1-9-24-14/h1-6,9,16H,7-8,10H2,(H2,15,18,19). The average molecular weight is 420 g/mol. The van der Waals surface area contributed by atoms with Gasteiger partial charge in [-0.05, 0) is 35.7 Å². The number of rotatable bonds is 9. The number of nitrogens with one attached hydrogen (secondary N) is 1. The van der Waals surface area contributed by atoms with E-state index in [1.807, 2.05) is 0 Å². The Hall–Kier alpha value is -1.99. The molecule has 9 nitrogen and oxygen atoms in total. The number of esters is 1. The highest BCUT2D eigenvalue weighted by molar-refractivity contribution is 7.91. The first kappa shape index (κ1) is 20.3. The molecule has 12 heteroatoms. The van der Waals surface area contributed by atoms with Crippen LogP contribution in [0.15, 0.2) is 50.9 Å². The van der Waals surface area contributed by atoms with E-state index in [1.54, 1.807) is 11.4 Å². The molecule has 0 aliphatic rings. The zero-order valence-corrected chi connectivity index (χ0v) is 15.8. The molecule has 0 aliphatic heterocycles. The summed E-state index contributed by atoms with van der Waals surface area (Å²) < 4.78 is 58.3. The Morgan fingerprint density at radius 1 is 1.08 bits per heavy atom. The molecule has 0 amide bonds. The molecule has 0 aliphatic carbocycles. The molecular formula is C14H16N2O7S3. The number of nitrogens with two attached hydrogens (primary N) is 1. The highest BCUT2D eigenvalue weighted by atomic mass is 32.2. The van der Waals surface area contributed by atoms with Crippen LogP contribution in [-0.4, -0.2) is 42.6 Å². The number of carbonyl (C=O) groups excluding carboxylic acids is 1. The van der Waals surface area contributed by atoms with Gasteiger partial charge in [0.05, 0.1) is 4.90 Å². The van der Waals surface area contributed by atoms with Crippen molar-refractivity contribution in [3.05, 3.63) is 41.8 Å². The molecule has 2 aromatic rings. The summed E-state index contributed by atoms with van der Waals surface area (Å²) in [5.74, 6) is -0.384. The molecule has 1 aromatic carbocycles. The van der Waals surface area contributed by atoms with Crippen LogP contribution in [-0.2, 0) is 29.6 Å². The maximum absolute atomic E-state index is 11.8. The van der Waals surface area contributed by atoms with Gasteiger partial charge in [-0.3, -0.25) is 4.79 Å². The van der Waals surface area contributed by atoms with E-state index in [0.29, 0.717) is 5.75 Å². The number of benzene rings is 1. The van der Waals surface area contributed by atoms with E-state index in [2.05, 4.69) is 4.72 Å². The molecule has 0 unspecified atom stereocenters. The molecule has 3 N–H and O–H groups in total. The van der Waals surface area contributed by atoms with Crippen LogP contribution in [0.4, 0.5) is 0 Å². The fraction of sp³-hybridized carbons (Fsp3) is 0.214. The lowest BCUT2D eigenvalue weighted by Gasteiger charge is -2.08. The Labute approximate surface area is 154 Å². The summed E-state index contributed by atoms with van der Waals surface area (Å²) >= 11 is 1.03.